The molecule has 2 saturated carbocycles. The molecule has 1 aromatic carbocycles. The van der Waals surface area contributed by atoms with E-state index in [2.05, 4.69) is 6.92 Å². The number of carbonyl (C=O) groups is 2. The van der Waals surface area contributed by atoms with E-state index < -0.39 is 5.97 Å². The van der Waals surface area contributed by atoms with E-state index in [1.165, 1.54) is 31.2 Å². The van der Waals surface area contributed by atoms with E-state index in [1.54, 1.807) is 6.07 Å². The molecule has 3 unspecified atom stereocenters. The summed E-state index contributed by atoms with van der Waals surface area (Å²) in [5, 5.41) is 10.8. The summed E-state index contributed by atoms with van der Waals surface area (Å²) in [5.74, 6) is 0.767. The van der Waals surface area contributed by atoms with Crippen molar-refractivity contribution >= 4 is 11.8 Å². The van der Waals surface area contributed by atoms with E-state index in [0.29, 0.717) is 35.2 Å². The van der Waals surface area contributed by atoms with Crippen LogP contribution in [0.25, 0.3) is 0 Å². The Morgan fingerprint density at radius 2 is 2.09 bits per heavy atom. The van der Waals surface area contributed by atoms with Gasteiger partial charge in [0.05, 0.1) is 6.42 Å². The number of carbonyl (C=O) groups excluding carboxylic acids is 2. The third-order valence-electron chi connectivity index (χ3n) is 6.81. The molecule has 0 saturated heterocycles. The van der Waals surface area contributed by atoms with Crippen molar-refractivity contribution in [3.05, 3.63) is 34.9 Å². The van der Waals surface area contributed by atoms with E-state index in [1.807, 2.05) is 12.1 Å². The lowest BCUT2D eigenvalue weighted by molar-refractivity contribution is -0.142. The summed E-state index contributed by atoms with van der Waals surface area (Å²) in [5.41, 5.74) is 3.05. The van der Waals surface area contributed by atoms with Crippen LogP contribution in [0.4, 0.5) is 0 Å². The van der Waals surface area contributed by atoms with Gasteiger partial charge in [-0.05, 0) is 66.0 Å². The van der Waals surface area contributed by atoms with Gasteiger partial charge in [0.2, 0.25) is 0 Å². The predicted octanol–water partition coefficient (Wildman–Crippen LogP) is 4.07. The molecule has 4 rings (SSSR count). The number of fused-ring (bicyclic) bond motifs is 5. The Morgan fingerprint density at radius 3 is 2.87 bits per heavy atom. The zero-order valence-electron chi connectivity index (χ0n) is 13.6. The van der Waals surface area contributed by atoms with E-state index >= 15 is 0 Å². The predicted molar refractivity (Wildman–Crippen MR) is 85.7 cm³/mol. The van der Waals surface area contributed by atoms with Crippen LogP contribution in [0, 0.1) is 17.3 Å². The fraction of sp³-hybridized carbons (Fsp3) is 0.600. The highest BCUT2D eigenvalue weighted by molar-refractivity contribution is 5.99. The maximum Gasteiger partial charge on any atom is 0.359 e. The van der Waals surface area contributed by atoms with Gasteiger partial charge in [0.1, 0.15) is 0 Å². The Bertz CT molecular complexity index is 677. The highest BCUT2D eigenvalue weighted by Crippen LogP contribution is 2.60. The first kappa shape index (κ1) is 14.9. The summed E-state index contributed by atoms with van der Waals surface area (Å²) in [4.78, 5) is 23.5. The molecule has 0 N–H and O–H groups in total. The van der Waals surface area contributed by atoms with Gasteiger partial charge in [-0.1, -0.05) is 25.5 Å². The highest BCUT2D eigenvalue weighted by Gasteiger charge is 2.51. The molecule has 0 aliphatic heterocycles. The molecular weight excluding hydrogens is 288 g/mol. The second kappa shape index (κ2) is 5.19. The van der Waals surface area contributed by atoms with Gasteiger partial charge in [0.15, 0.2) is 5.78 Å². The van der Waals surface area contributed by atoms with Gasteiger partial charge in [-0.25, -0.2) is 9.90 Å². The first-order valence-corrected chi connectivity index (χ1v) is 8.84. The SMILES string of the molecule is C[C@@]12CCCC1C1CC(=O)c3cc(CC([O])=O)ccc3C1CC2. The van der Waals surface area contributed by atoms with Crippen molar-refractivity contribution in [2.24, 2.45) is 17.3 Å². The number of Topliss-reactive ketones (excluding diaryl/α,β-unsaturated/α-hetero) is 1. The summed E-state index contributed by atoms with van der Waals surface area (Å²) >= 11 is 0. The summed E-state index contributed by atoms with van der Waals surface area (Å²) in [6.07, 6.45) is 6.83. The minimum atomic E-state index is -1.09. The van der Waals surface area contributed by atoms with Gasteiger partial charge < -0.3 is 0 Å². The standard InChI is InChI=1S/C20H23O3/c1-20-7-2-3-17(20)15-11-18(21)16-9-12(10-19(22)23)4-5-13(16)14(15)6-8-20/h4-5,9,14-15,17H,2-3,6-8,10-11H2,1H3/t14?,15?,17?,20-/m0/s1. The second-order valence-electron chi connectivity index (χ2n) is 8.06. The van der Waals surface area contributed by atoms with Crippen LogP contribution in [0.15, 0.2) is 18.2 Å². The van der Waals surface area contributed by atoms with Crippen molar-refractivity contribution in [1.82, 2.24) is 0 Å². The van der Waals surface area contributed by atoms with Crippen molar-refractivity contribution in [3.63, 3.8) is 0 Å². The zero-order valence-corrected chi connectivity index (χ0v) is 13.6. The van der Waals surface area contributed by atoms with Gasteiger partial charge in [0, 0.05) is 12.0 Å². The number of ketones is 1. The molecule has 3 nitrogen and oxygen atoms in total. The number of hydrogen-bond donors (Lipinski definition) is 0. The summed E-state index contributed by atoms with van der Waals surface area (Å²) in [7, 11) is 0. The van der Waals surface area contributed by atoms with Crippen molar-refractivity contribution in [3.8, 4) is 0 Å². The van der Waals surface area contributed by atoms with Crippen LogP contribution in [-0.2, 0) is 16.3 Å². The van der Waals surface area contributed by atoms with Crippen molar-refractivity contribution in [2.75, 3.05) is 0 Å². The van der Waals surface area contributed by atoms with E-state index in [4.69, 9.17) is 0 Å². The number of rotatable bonds is 2. The maximum absolute atomic E-state index is 12.7. The molecule has 0 heterocycles. The Balaban J connectivity index is 1.70. The average molecular weight is 311 g/mol. The van der Waals surface area contributed by atoms with Gasteiger partial charge in [-0.3, -0.25) is 4.79 Å². The minimum absolute atomic E-state index is 0.116. The molecule has 1 radical (unpaired) electrons. The maximum atomic E-state index is 12.7. The lowest BCUT2D eigenvalue weighted by Gasteiger charge is -2.48. The van der Waals surface area contributed by atoms with Crippen LogP contribution in [-0.4, -0.2) is 11.8 Å². The van der Waals surface area contributed by atoms with Crippen LogP contribution < -0.4 is 0 Å². The van der Waals surface area contributed by atoms with Crippen molar-refractivity contribution in [2.45, 2.75) is 57.8 Å². The molecule has 1 aromatic rings. The quantitative estimate of drug-likeness (QED) is 0.826. The lowest BCUT2D eigenvalue weighted by Crippen LogP contribution is -2.41. The Hall–Kier alpha value is -1.64. The summed E-state index contributed by atoms with van der Waals surface area (Å²) < 4.78 is 0. The zero-order chi connectivity index (χ0) is 16.2. The Kier molecular flexibility index (Phi) is 3.36. The molecule has 0 bridgehead atoms. The molecule has 4 atom stereocenters. The lowest BCUT2D eigenvalue weighted by atomic mass is 9.55. The molecule has 0 amide bonds. The van der Waals surface area contributed by atoms with Gasteiger partial charge in [-0.15, -0.1) is 0 Å². The molecule has 23 heavy (non-hydrogen) atoms. The first-order valence-electron chi connectivity index (χ1n) is 8.84. The average Bonchev–Trinajstić information content (AvgIpc) is 2.89. The van der Waals surface area contributed by atoms with Crippen LogP contribution in [0.1, 0.15) is 72.9 Å². The van der Waals surface area contributed by atoms with Crippen molar-refractivity contribution < 1.29 is 14.7 Å². The number of hydrogen-bond acceptors (Lipinski definition) is 2. The van der Waals surface area contributed by atoms with Gasteiger partial charge >= 0.3 is 5.97 Å². The smallest absolute Gasteiger partial charge is 0.294 e. The molecule has 2 fully saturated rings. The van der Waals surface area contributed by atoms with Crippen LogP contribution in [0.3, 0.4) is 0 Å². The molecule has 3 aliphatic rings. The molecule has 0 aromatic heterocycles. The molecule has 0 spiro atoms. The Morgan fingerprint density at radius 1 is 1.26 bits per heavy atom. The fourth-order valence-electron chi connectivity index (χ4n) is 5.72. The van der Waals surface area contributed by atoms with Crippen LogP contribution in [0.5, 0.6) is 0 Å². The van der Waals surface area contributed by atoms with Crippen LogP contribution >= 0.6 is 0 Å². The highest BCUT2D eigenvalue weighted by atomic mass is 16.4. The molecule has 3 aliphatic carbocycles. The Labute approximate surface area is 137 Å². The second-order valence-corrected chi connectivity index (χ2v) is 8.06. The summed E-state index contributed by atoms with van der Waals surface area (Å²) in [6, 6.07) is 5.68. The topological polar surface area (TPSA) is 54.0 Å². The normalized spacial score (nSPS) is 35.3. The van der Waals surface area contributed by atoms with Gasteiger partial charge in [-0.2, -0.15) is 0 Å². The van der Waals surface area contributed by atoms with Crippen LogP contribution in [0.2, 0.25) is 0 Å². The number of benzene rings is 1. The third-order valence-corrected chi connectivity index (χ3v) is 6.81. The molecular formula is C20H23O3. The van der Waals surface area contributed by atoms with E-state index in [0.717, 1.165) is 12.0 Å². The third kappa shape index (κ3) is 2.32. The molecule has 121 valence electrons. The van der Waals surface area contributed by atoms with E-state index in [-0.39, 0.29) is 12.2 Å². The van der Waals surface area contributed by atoms with E-state index in [9.17, 15) is 14.7 Å². The monoisotopic (exact) mass is 311 g/mol. The largest absolute Gasteiger partial charge is 0.359 e. The molecule has 3 heteroatoms. The fourth-order valence-corrected chi connectivity index (χ4v) is 5.72. The minimum Gasteiger partial charge on any atom is -0.294 e. The van der Waals surface area contributed by atoms with Gasteiger partial charge in [0.25, 0.3) is 0 Å². The summed E-state index contributed by atoms with van der Waals surface area (Å²) in [6.45, 7) is 2.42. The first-order chi connectivity index (χ1) is 11.0. The van der Waals surface area contributed by atoms with Crippen molar-refractivity contribution in [1.29, 1.82) is 0 Å².